The Hall–Kier alpha value is -0.610. The fourth-order valence-corrected chi connectivity index (χ4v) is 1.88. The van der Waals surface area contributed by atoms with Crippen LogP contribution in [0.15, 0.2) is 0 Å². The average Bonchev–Trinajstić information content (AvgIpc) is 1.94. The predicted octanol–water partition coefficient (Wildman–Crippen LogP) is 0.520. The number of hydrogen-bond acceptors (Lipinski definition) is 3. The number of nitrogens with zero attached hydrogens (tertiary/aromatic N) is 1. The number of nitrogens with two attached hydrogens (primary N) is 1. The largest absolute Gasteiger partial charge is 0.481 e. The van der Waals surface area contributed by atoms with Gasteiger partial charge in [0, 0.05) is 19.1 Å². The fourth-order valence-electron chi connectivity index (χ4n) is 1.88. The molecular weight excluding hydrogens is 180 g/mol. The van der Waals surface area contributed by atoms with E-state index in [2.05, 4.69) is 4.90 Å². The first-order valence-corrected chi connectivity index (χ1v) is 5.24. The summed E-state index contributed by atoms with van der Waals surface area (Å²) in [6.07, 6.45) is 4.05. The van der Waals surface area contributed by atoms with Crippen LogP contribution in [-0.4, -0.2) is 42.2 Å². The predicted molar refractivity (Wildman–Crippen MR) is 55.1 cm³/mol. The fraction of sp³-hybridized carbons (Fsp3) is 0.900. The van der Waals surface area contributed by atoms with E-state index in [1.807, 2.05) is 7.05 Å². The summed E-state index contributed by atoms with van der Waals surface area (Å²) in [4.78, 5) is 12.5. The lowest BCUT2D eigenvalue weighted by molar-refractivity contribution is -0.137. The maximum absolute atomic E-state index is 10.4. The van der Waals surface area contributed by atoms with Crippen molar-refractivity contribution >= 4 is 5.97 Å². The van der Waals surface area contributed by atoms with Crippen LogP contribution in [0.25, 0.3) is 0 Å². The molecule has 0 aromatic rings. The monoisotopic (exact) mass is 200 g/mol. The molecule has 14 heavy (non-hydrogen) atoms. The zero-order chi connectivity index (χ0) is 10.6. The van der Waals surface area contributed by atoms with E-state index in [4.69, 9.17) is 10.8 Å². The number of rotatable bonds is 6. The Morgan fingerprint density at radius 1 is 1.64 bits per heavy atom. The van der Waals surface area contributed by atoms with Crippen molar-refractivity contribution in [3.63, 3.8) is 0 Å². The molecule has 0 bridgehead atoms. The molecule has 0 radical (unpaired) electrons. The Labute approximate surface area is 85.1 Å². The molecule has 1 atom stereocenters. The first-order valence-electron chi connectivity index (χ1n) is 5.24. The van der Waals surface area contributed by atoms with Crippen LogP contribution in [0.2, 0.25) is 0 Å². The van der Waals surface area contributed by atoms with Crippen molar-refractivity contribution < 1.29 is 9.90 Å². The van der Waals surface area contributed by atoms with Gasteiger partial charge in [-0.25, -0.2) is 0 Å². The van der Waals surface area contributed by atoms with Crippen molar-refractivity contribution in [1.82, 2.24) is 4.90 Å². The van der Waals surface area contributed by atoms with E-state index in [1.165, 1.54) is 19.3 Å². The summed E-state index contributed by atoms with van der Waals surface area (Å²) in [5.74, 6) is 0.00609. The molecule has 0 heterocycles. The molecule has 4 heteroatoms. The lowest BCUT2D eigenvalue weighted by atomic mass is 9.85. The molecule has 1 aliphatic rings. The van der Waals surface area contributed by atoms with Crippen LogP contribution in [0, 0.1) is 5.92 Å². The van der Waals surface area contributed by atoms with Crippen LogP contribution >= 0.6 is 0 Å². The maximum atomic E-state index is 10.4. The summed E-state index contributed by atoms with van der Waals surface area (Å²) in [7, 11) is 2.01. The molecule has 0 amide bonds. The topological polar surface area (TPSA) is 66.6 Å². The van der Waals surface area contributed by atoms with Gasteiger partial charge in [0.25, 0.3) is 0 Å². The Morgan fingerprint density at radius 3 is 2.71 bits per heavy atom. The molecular formula is C10H20N2O2. The Kier molecular flexibility index (Phi) is 4.35. The highest BCUT2D eigenvalue weighted by Crippen LogP contribution is 2.26. The van der Waals surface area contributed by atoms with Crippen LogP contribution < -0.4 is 5.73 Å². The van der Waals surface area contributed by atoms with Gasteiger partial charge in [-0.2, -0.15) is 0 Å². The summed E-state index contributed by atoms with van der Waals surface area (Å²) < 4.78 is 0. The normalized spacial score (nSPS) is 19.4. The molecule has 4 nitrogen and oxygen atoms in total. The SMILES string of the molecule is CN(CC(N)CC(=O)O)CC1CCC1. The highest BCUT2D eigenvalue weighted by atomic mass is 16.4. The molecule has 1 aliphatic carbocycles. The van der Waals surface area contributed by atoms with E-state index in [1.54, 1.807) is 0 Å². The molecule has 1 rings (SSSR count). The molecule has 0 aromatic carbocycles. The van der Waals surface area contributed by atoms with E-state index in [0.717, 1.165) is 12.5 Å². The van der Waals surface area contributed by atoms with Gasteiger partial charge in [0.2, 0.25) is 0 Å². The van der Waals surface area contributed by atoms with Gasteiger partial charge in [0.05, 0.1) is 6.42 Å². The third-order valence-electron chi connectivity index (χ3n) is 2.78. The van der Waals surface area contributed by atoms with Gasteiger partial charge in [-0.3, -0.25) is 4.79 Å². The maximum Gasteiger partial charge on any atom is 0.304 e. The molecule has 82 valence electrons. The standard InChI is InChI=1S/C10H20N2O2/c1-12(6-8-3-2-4-8)7-9(11)5-10(13)14/h8-9H,2-7,11H2,1H3,(H,13,14). The van der Waals surface area contributed by atoms with Crippen LogP contribution in [0.1, 0.15) is 25.7 Å². The van der Waals surface area contributed by atoms with Gasteiger partial charge in [-0.15, -0.1) is 0 Å². The zero-order valence-electron chi connectivity index (χ0n) is 8.78. The summed E-state index contributed by atoms with van der Waals surface area (Å²) >= 11 is 0. The van der Waals surface area contributed by atoms with Crippen molar-refractivity contribution in [2.45, 2.75) is 31.7 Å². The second-order valence-corrected chi connectivity index (χ2v) is 4.38. The van der Waals surface area contributed by atoms with E-state index < -0.39 is 5.97 Å². The number of hydrogen-bond donors (Lipinski definition) is 2. The molecule has 0 aliphatic heterocycles. The average molecular weight is 200 g/mol. The zero-order valence-corrected chi connectivity index (χ0v) is 8.78. The van der Waals surface area contributed by atoms with Crippen LogP contribution in [0.4, 0.5) is 0 Å². The number of carboxylic acid groups (broad SMARTS) is 1. The molecule has 0 saturated heterocycles. The van der Waals surface area contributed by atoms with Gasteiger partial charge in [-0.1, -0.05) is 6.42 Å². The van der Waals surface area contributed by atoms with E-state index in [0.29, 0.717) is 6.54 Å². The molecule has 3 N–H and O–H groups in total. The lowest BCUT2D eigenvalue weighted by Gasteiger charge is -2.31. The van der Waals surface area contributed by atoms with E-state index in [9.17, 15) is 4.79 Å². The lowest BCUT2D eigenvalue weighted by Crippen LogP contribution is -2.39. The van der Waals surface area contributed by atoms with Crippen LogP contribution in [0.3, 0.4) is 0 Å². The number of aliphatic carboxylic acids is 1. The first-order chi connectivity index (χ1) is 6.58. The molecule has 1 unspecified atom stereocenters. The quantitative estimate of drug-likeness (QED) is 0.656. The minimum Gasteiger partial charge on any atom is -0.481 e. The summed E-state index contributed by atoms with van der Waals surface area (Å²) in [5.41, 5.74) is 5.69. The van der Waals surface area contributed by atoms with Gasteiger partial charge >= 0.3 is 5.97 Å². The summed E-state index contributed by atoms with van der Waals surface area (Å²) in [6.45, 7) is 1.75. The first kappa shape index (κ1) is 11.5. The van der Waals surface area contributed by atoms with Crippen molar-refractivity contribution in [1.29, 1.82) is 0 Å². The van der Waals surface area contributed by atoms with Crippen molar-refractivity contribution in [2.75, 3.05) is 20.1 Å². The second-order valence-electron chi connectivity index (χ2n) is 4.38. The molecule has 1 saturated carbocycles. The third-order valence-corrected chi connectivity index (χ3v) is 2.78. The van der Waals surface area contributed by atoms with Crippen molar-refractivity contribution in [3.8, 4) is 0 Å². The van der Waals surface area contributed by atoms with Crippen molar-refractivity contribution in [3.05, 3.63) is 0 Å². The number of carboxylic acids is 1. The van der Waals surface area contributed by atoms with Gasteiger partial charge in [-0.05, 0) is 25.8 Å². The molecule has 1 fully saturated rings. The van der Waals surface area contributed by atoms with E-state index in [-0.39, 0.29) is 12.5 Å². The van der Waals surface area contributed by atoms with Crippen LogP contribution in [-0.2, 0) is 4.79 Å². The minimum atomic E-state index is -0.811. The van der Waals surface area contributed by atoms with Gasteiger partial charge < -0.3 is 15.7 Å². The number of carbonyl (C=O) groups is 1. The van der Waals surface area contributed by atoms with Crippen molar-refractivity contribution in [2.24, 2.45) is 11.7 Å². The van der Waals surface area contributed by atoms with E-state index >= 15 is 0 Å². The van der Waals surface area contributed by atoms with Crippen LogP contribution in [0.5, 0.6) is 0 Å². The van der Waals surface area contributed by atoms with Gasteiger partial charge in [0.1, 0.15) is 0 Å². The highest BCUT2D eigenvalue weighted by Gasteiger charge is 2.20. The Morgan fingerprint density at radius 2 is 2.29 bits per heavy atom. The van der Waals surface area contributed by atoms with Gasteiger partial charge in [0.15, 0.2) is 0 Å². The Bertz CT molecular complexity index is 193. The summed E-state index contributed by atoms with van der Waals surface area (Å²) in [5, 5.41) is 8.54. The Balaban J connectivity index is 2.11. The minimum absolute atomic E-state index is 0.0645. The smallest absolute Gasteiger partial charge is 0.304 e. The molecule has 0 aromatic heterocycles. The third kappa shape index (κ3) is 4.07. The number of likely N-dealkylation sites (N-methyl/N-ethyl adjacent to an activating group) is 1. The second kappa shape index (κ2) is 5.32. The highest BCUT2D eigenvalue weighted by molar-refractivity contribution is 5.67. The molecule has 0 spiro atoms. The summed E-state index contributed by atoms with van der Waals surface area (Å²) in [6, 6.07) is -0.238.